The van der Waals surface area contributed by atoms with E-state index in [0.717, 1.165) is 24.8 Å². The number of aromatic nitrogens is 1. The predicted molar refractivity (Wildman–Crippen MR) is 68.9 cm³/mol. The number of anilines is 2. The Balaban J connectivity index is 2.16. The van der Waals surface area contributed by atoms with E-state index in [9.17, 15) is 0 Å². The van der Waals surface area contributed by atoms with Gasteiger partial charge in [-0.15, -0.1) is 0 Å². The average Bonchev–Trinajstić information content (AvgIpc) is 2.43. The van der Waals surface area contributed by atoms with E-state index in [-0.39, 0.29) is 0 Å². The lowest BCUT2D eigenvalue weighted by Gasteiger charge is -2.22. The number of nitrogens with two attached hydrogens (primary N) is 1. The van der Waals surface area contributed by atoms with Gasteiger partial charge in [0.2, 0.25) is 0 Å². The molecule has 2 N–H and O–H groups in total. The van der Waals surface area contributed by atoms with E-state index < -0.39 is 0 Å². The van der Waals surface area contributed by atoms with Gasteiger partial charge in [0.1, 0.15) is 0 Å². The predicted octanol–water partition coefficient (Wildman–Crippen LogP) is 2.94. The lowest BCUT2D eigenvalue weighted by atomic mass is 10.0. The topological polar surface area (TPSA) is 42.2 Å². The summed E-state index contributed by atoms with van der Waals surface area (Å²) >= 11 is 5.85. The molecule has 0 amide bonds. The number of nitrogens with zero attached hydrogens (tertiary/aromatic N) is 2. The summed E-state index contributed by atoms with van der Waals surface area (Å²) in [5.41, 5.74) is 6.63. The molecule has 0 radical (unpaired) electrons. The molecule has 0 aliphatic carbocycles. The van der Waals surface area contributed by atoms with Gasteiger partial charge in [-0.05, 0) is 31.2 Å². The average molecular weight is 240 g/mol. The molecule has 2 rings (SSSR count). The van der Waals surface area contributed by atoms with E-state index in [4.69, 9.17) is 17.3 Å². The van der Waals surface area contributed by atoms with Crippen molar-refractivity contribution in [2.24, 2.45) is 5.92 Å². The molecule has 1 fully saturated rings. The van der Waals surface area contributed by atoms with Gasteiger partial charge >= 0.3 is 0 Å². The van der Waals surface area contributed by atoms with Gasteiger partial charge in [-0.2, -0.15) is 0 Å². The summed E-state index contributed by atoms with van der Waals surface area (Å²) in [5.74, 6) is 1.69. The fourth-order valence-electron chi connectivity index (χ4n) is 2.19. The van der Waals surface area contributed by atoms with Crippen LogP contribution in [0.5, 0.6) is 0 Å². The second kappa shape index (κ2) is 4.91. The van der Waals surface area contributed by atoms with Crippen LogP contribution >= 0.6 is 11.6 Å². The molecule has 1 aromatic rings. The lowest BCUT2D eigenvalue weighted by Crippen LogP contribution is -2.26. The van der Waals surface area contributed by atoms with Crippen molar-refractivity contribution in [3.05, 3.63) is 17.3 Å². The molecule has 1 aromatic heterocycles. The van der Waals surface area contributed by atoms with Crippen molar-refractivity contribution in [3.63, 3.8) is 0 Å². The van der Waals surface area contributed by atoms with Crippen molar-refractivity contribution in [2.75, 3.05) is 23.7 Å². The molecule has 0 bridgehead atoms. The van der Waals surface area contributed by atoms with E-state index in [1.807, 2.05) is 0 Å². The second-order valence-electron chi connectivity index (χ2n) is 4.59. The van der Waals surface area contributed by atoms with E-state index in [1.54, 1.807) is 12.3 Å². The number of hydrogen-bond donors (Lipinski definition) is 1. The first kappa shape index (κ1) is 11.5. The quantitative estimate of drug-likeness (QED) is 0.820. The first-order valence-electron chi connectivity index (χ1n) is 5.83. The van der Waals surface area contributed by atoms with Gasteiger partial charge in [-0.1, -0.05) is 18.5 Å². The highest BCUT2D eigenvalue weighted by molar-refractivity contribution is 6.30. The zero-order valence-corrected chi connectivity index (χ0v) is 10.4. The van der Waals surface area contributed by atoms with Crippen molar-refractivity contribution in [1.82, 2.24) is 4.98 Å². The Morgan fingerprint density at radius 3 is 3.00 bits per heavy atom. The third kappa shape index (κ3) is 2.59. The Kier molecular flexibility index (Phi) is 3.54. The standard InChI is InChI=1S/C12H18ClN3/c1-9-3-2-5-16(6-4-9)12-11(14)7-10(13)8-15-12/h7-9H,2-6,14H2,1H3. The molecule has 16 heavy (non-hydrogen) atoms. The molecular formula is C12H18ClN3. The highest BCUT2D eigenvalue weighted by Crippen LogP contribution is 2.26. The highest BCUT2D eigenvalue weighted by Gasteiger charge is 2.16. The minimum atomic E-state index is 0.601. The number of nitrogen functional groups attached to an aromatic ring is 1. The summed E-state index contributed by atoms with van der Waals surface area (Å²) in [6.45, 7) is 4.39. The zero-order valence-electron chi connectivity index (χ0n) is 9.62. The van der Waals surface area contributed by atoms with Crippen molar-refractivity contribution in [2.45, 2.75) is 26.2 Å². The molecule has 4 heteroatoms. The molecule has 1 atom stereocenters. The summed E-state index contributed by atoms with van der Waals surface area (Å²) in [6.07, 6.45) is 5.39. The molecule has 1 aliphatic heterocycles. The summed E-state index contributed by atoms with van der Waals surface area (Å²) in [6, 6.07) is 1.78. The summed E-state index contributed by atoms with van der Waals surface area (Å²) < 4.78 is 0. The highest BCUT2D eigenvalue weighted by atomic mass is 35.5. The van der Waals surface area contributed by atoms with Crippen molar-refractivity contribution < 1.29 is 0 Å². The van der Waals surface area contributed by atoms with Crippen LogP contribution in [0.25, 0.3) is 0 Å². The molecule has 1 saturated heterocycles. The van der Waals surface area contributed by atoms with Crippen LogP contribution in [0, 0.1) is 5.92 Å². The minimum absolute atomic E-state index is 0.601. The van der Waals surface area contributed by atoms with Crippen LogP contribution in [0.4, 0.5) is 11.5 Å². The molecule has 2 heterocycles. The van der Waals surface area contributed by atoms with Gasteiger partial charge in [-0.3, -0.25) is 0 Å². The van der Waals surface area contributed by atoms with Gasteiger partial charge in [0, 0.05) is 19.3 Å². The van der Waals surface area contributed by atoms with Crippen LogP contribution in [-0.4, -0.2) is 18.1 Å². The second-order valence-corrected chi connectivity index (χ2v) is 5.03. The van der Waals surface area contributed by atoms with Crippen LogP contribution in [0.3, 0.4) is 0 Å². The largest absolute Gasteiger partial charge is 0.396 e. The molecule has 3 nitrogen and oxygen atoms in total. The monoisotopic (exact) mass is 239 g/mol. The van der Waals surface area contributed by atoms with E-state index in [1.165, 1.54) is 19.3 Å². The van der Waals surface area contributed by atoms with Gasteiger partial charge in [0.15, 0.2) is 5.82 Å². The number of pyridine rings is 1. The molecule has 88 valence electrons. The third-order valence-corrected chi connectivity index (χ3v) is 3.38. The Labute approximate surface area is 102 Å². The Morgan fingerprint density at radius 1 is 1.44 bits per heavy atom. The van der Waals surface area contributed by atoms with E-state index in [0.29, 0.717) is 10.7 Å². The third-order valence-electron chi connectivity index (χ3n) is 3.18. The molecule has 0 spiro atoms. The zero-order chi connectivity index (χ0) is 11.5. The number of hydrogen-bond acceptors (Lipinski definition) is 3. The van der Waals surface area contributed by atoms with Crippen LogP contribution in [0.1, 0.15) is 26.2 Å². The first-order valence-corrected chi connectivity index (χ1v) is 6.20. The minimum Gasteiger partial charge on any atom is -0.396 e. The van der Waals surface area contributed by atoms with Gasteiger partial charge in [-0.25, -0.2) is 4.98 Å². The van der Waals surface area contributed by atoms with Gasteiger partial charge < -0.3 is 10.6 Å². The molecular weight excluding hydrogens is 222 g/mol. The lowest BCUT2D eigenvalue weighted by molar-refractivity contribution is 0.521. The summed E-state index contributed by atoms with van der Waals surface area (Å²) in [7, 11) is 0. The molecule has 0 aromatic carbocycles. The fourth-order valence-corrected chi connectivity index (χ4v) is 2.35. The van der Waals surface area contributed by atoms with Gasteiger partial charge in [0.05, 0.1) is 10.7 Å². The maximum absolute atomic E-state index is 5.95. The Bertz CT molecular complexity index is 367. The summed E-state index contributed by atoms with van der Waals surface area (Å²) in [4.78, 5) is 6.61. The summed E-state index contributed by atoms with van der Waals surface area (Å²) in [5, 5.41) is 0.601. The maximum Gasteiger partial charge on any atom is 0.151 e. The Hall–Kier alpha value is -0.960. The van der Waals surface area contributed by atoms with Gasteiger partial charge in [0.25, 0.3) is 0 Å². The van der Waals surface area contributed by atoms with E-state index in [2.05, 4.69) is 16.8 Å². The van der Waals surface area contributed by atoms with Crippen LogP contribution in [-0.2, 0) is 0 Å². The van der Waals surface area contributed by atoms with Crippen LogP contribution in [0.2, 0.25) is 5.02 Å². The SMILES string of the molecule is CC1CCCN(c2ncc(Cl)cc2N)CC1. The molecule has 0 saturated carbocycles. The fraction of sp³-hybridized carbons (Fsp3) is 0.583. The van der Waals surface area contributed by atoms with Crippen molar-refractivity contribution in [1.29, 1.82) is 0 Å². The van der Waals surface area contributed by atoms with Crippen LogP contribution < -0.4 is 10.6 Å². The smallest absolute Gasteiger partial charge is 0.151 e. The molecule has 1 aliphatic rings. The van der Waals surface area contributed by atoms with E-state index >= 15 is 0 Å². The number of halogens is 1. The van der Waals surface area contributed by atoms with Crippen molar-refractivity contribution >= 4 is 23.1 Å². The normalized spacial score (nSPS) is 21.9. The maximum atomic E-state index is 5.95. The number of rotatable bonds is 1. The van der Waals surface area contributed by atoms with Crippen LogP contribution in [0.15, 0.2) is 12.3 Å². The first-order chi connectivity index (χ1) is 7.66. The van der Waals surface area contributed by atoms with Crippen molar-refractivity contribution in [3.8, 4) is 0 Å². The Morgan fingerprint density at radius 2 is 2.25 bits per heavy atom. The molecule has 1 unspecified atom stereocenters.